The van der Waals surface area contributed by atoms with Crippen molar-refractivity contribution >= 4 is 44.8 Å². The average Bonchev–Trinajstić information content (AvgIpc) is 3.22. The normalized spacial score (nSPS) is 10.5. The molecule has 26 heavy (non-hydrogen) atoms. The molecule has 0 fully saturated rings. The van der Waals surface area contributed by atoms with Gasteiger partial charge in [-0.3, -0.25) is 19.1 Å². The van der Waals surface area contributed by atoms with Gasteiger partial charge in [0.25, 0.3) is 5.91 Å². The number of rotatable bonds is 5. The Morgan fingerprint density at radius 2 is 2.15 bits per heavy atom. The third-order valence-corrected chi connectivity index (χ3v) is 4.98. The molecule has 0 bridgehead atoms. The summed E-state index contributed by atoms with van der Waals surface area (Å²) in [4.78, 5) is 39.8. The van der Waals surface area contributed by atoms with Crippen LogP contribution in [0.5, 0.6) is 0 Å². The number of likely N-dealkylation sites (N-methyl/N-ethyl adjacent to an activating group) is 1. The molecule has 0 aliphatic heterocycles. The molecule has 2 amide bonds. The second-order valence-corrected chi connectivity index (χ2v) is 7.80. The number of nitrogens with one attached hydrogen (secondary N) is 2. The topological polar surface area (TPSA) is 108 Å². The summed E-state index contributed by atoms with van der Waals surface area (Å²) in [5.41, 5.74) is 1.09. The second kappa shape index (κ2) is 7.67. The first-order valence-electron chi connectivity index (χ1n) is 7.39. The van der Waals surface area contributed by atoms with Crippen LogP contribution in [0.2, 0.25) is 0 Å². The zero-order valence-electron chi connectivity index (χ0n) is 13.5. The first kappa shape index (κ1) is 18.1. The van der Waals surface area contributed by atoms with Crippen LogP contribution in [0.15, 0.2) is 49.5 Å². The van der Waals surface area contributed by atoms with Crippen molar-refractivity contribution in [1.29, 1.82) is 0 Å². The number of amides is 2. The highest BCUT2D eigenvalue weighted by molar-refractivity contribution is 9.11. The molecular weight excluding hydrogens is 424 g/mol. The molecule has 2 aromatic heterocycles. The number of benzene rings is 1. The van der Waals surface area contributed by atoms with E-state index in [1.807, 2.05) is 0 Å². The molecule has 10 heteroatoms. The fourth-order valence-electron chi connectivity index (χ4n) is 2.20. The zero-order chi connectivity index (χ0) is 18.7. The van der Waals surface area contributed by atoms with Gasteiger partial charge < -0.3 is 10.2 Å². The van der Waals surface area contributed by atoms with Crippen LogP contribution >= 0.6 is 27.3 Å². The van der Waals surface area contributed by atoms with Crippen LogP contribution in [0.3, 0.4) is 0 Å². The number of aromatic amines is 1. The Balaban J connectivity index is 1.64. The zero-order valence-corrected chi connectivity index (χ0v) is 15.9. The van der Waals surface area contributed by atoms with E-state index in [1.165, 1.54) is 16.2 Å². The highest BCUT2D eigenvalue weighted by Crippen LogP contribution is 2.23. The first-order chi connectivity index (χ1) is 12.4. The van der Waals surface area contributed by atoms with Gasteiger partial charge in [-0.2, -0.15) is 0 Å². The van der Waals surface area contributed by atoms with Crippen molar-refractivity contribution in [3.05, 3.63) is 55.6 Å². The summed E-state index contributed by atoms with van der Waals surface area (Å²) in [6.07, 6.45) is 0. The van der Waals surface area contributed by atoms with Crippen LogP contribution in [-0.4, -0.2) is 40.4 Å². The number of thiophene rings is 1. The van der Waals surface area contributed by atoms with E-state index in [0.717, 1.165) is 3.79 Å². The number of nitrogens with zero attached hydrogens (tertiary/aromatic N) is 2. The van der Waals surface area contributed by atoms with Crippen molar-refractivity contribution in [2.24, 2.45) is 0 Å². The summed E-state index contributed by atoms with van der Waals surface area (Å²) in [6.45, 7) is -0.0978. The van der Waals surface area contributed by atoms with E-state index >= 15 is 0 Å². The highest BCUT2D eigenvalue weighted by atomic mass is 79.9. The molecule has 0 atom stereocenters. The average molecular weight is 437 g/mol. The lowest BCUT2D eigenvalue weighted by atomic mass is 10.2. The predicted octanol–water partition coefficient (Wildman–Crippen LogP) is 2.56. The minimum absolute atomic E-state index is 0.0978. The van der Waals surface area contributed by atoms with Crippen molar-refractivity contribution in [1.82, 2.24) is 15.0 Å². The Bertz CT molecular complexity index is 1010. The molecule has 8 nitrogen and oxygen atoms in total. The van der Waals surface area contributed by atoms with E-state index in [2.05, 4.69) is 35.9 Å². The lowest BCUT2D eigenvalue weighted by Gasteiger charge is -2.16. The van der Waals surface area contributed by atoms with Crippen molar-refractivity contribution in [2.45, 2.75) is 0 Å². The molecule has 2 heterocycles. The number of hydrogen-bond acceptors (Lipinski definition) is 6. The van der Waals surface area contributed by atoms with Crippen molar-refractivity contribution in [2.75, 3.05) is 18.9 Å². The van der Waals surface area contributed by atoms with Gasteiger partial charge in [0.15, 0.2) is 5.82 Å². The molecule has 3 aromatic rings. The van der Waals surface area contributed by atoms with Gasteiger partial charge in [0.1, 0.15) is 0 Å². The van der Waals surface area contributed by atoms with Crippen LogP contribution in [0.25, 0.3) is 11.4 Å². The maximum Gasteiger partial charge on any atom is 0.439 e. The Morgan fingerprint density at radius 3 is 2.81 bits per heavy atom. The molecular formula is C16H13BrN4O4S. The van der Waals surface area contributed by atoms with Gasteiger partial charge in [0, 0.05) is 18.3 Å². The largest absolute Gasteiger partial charge is 0.439 e. The standard InChI is InChI=1S/C16H13BrN4O4S/c1-21(15(23)11-5-6-12(17)26-11)8-13(22)18-10-4-2-3-9(7-10)14-19-16(24)25-20-14/h2-7H,8H2,1H3,(H,18,22)(H,19,20,24). The van der Waals surface area contributed by atoms with Gasteiger partial charge in [0.2, 0.25) is 5.91 Å². The lowest BCUT2D eigenvalue weighted by molar-refractivity contribution is -0.116. The smallest absolute Gasteiger partial charge is 0.332 e. The number of aromatic nitrogens is 2. The van der Waals surface area contributed by atoms with Gasteiger partial charge in [0.05, 0.1) is 15.2 Å². The summed E-state index contributed by atoms with van der Waals surface area (Å²) in [5.74, 6) is -0.969. The van der Waals surface area contributed by atoms with E-state index in [4.69, 9.17) is 0 Å². The molecule has 3 rings (SSSR count). The van der Waals surface area contributed by atoms with E-state index < -0.39 is 5.76 Å². The fourth-order valence-corrected chi connectivity index (χ4v) is 3.58. The Morgan fingerprint density at radius 1 is 1.35 bits per heavy atom. The quantitative estimate of drug-likeness (QED) is 0.638. The molecule has 0 unspecified atom stereocenters. The lowest BCUT2D eigenvalue weighted by Crippen LogP contribution is -2.34. The fraction of sp³-hybridized carbons (Fsp3) is 0.125. The molecule has 0 aliphatic carbocycles. The number of H-pyrrole nitrogens is 1. The number of hydrogen-bond donors (Lipinski definition) is 2. The van der Waals surface area contributed by atoms with Crippen LogP contribution < -0.4 is 11.1 Å². The summed E-state index contributed by atoms with van der Waals surface area (Å²) in [5, 5.41) is 6.31. The van der Waals surface area contributed by atoms with Crippen molar-refractivity contribution in [3.8, 4) is 11.4 Å². The minimum Gasteiger partial charge on any atom is -0.332 e. The van der Waals surface area contributed by atoms with Gasteiger partial charge in [-0.1, -0.05) is 17.3 Å². The molecule has 0 radical (unpaired) electrons. The van der Waals surface area contributed by atoms with Gasteiger partial charge in [-0.15, -0.1) is 11.3 Å². The van der Waals surface area contributed by atoms with E-state index in [-0.39, 0.29) is 24.2 Å². The van der Waals surface area contributed by atoms with Gasteiger partial charge in [-0.05, 0) is 40.2 Å². The molecule has 0 spiro atoms. The van der Waals surface area contributed by atoms with Gasteiger partial charge in [-0.25, -0.2) is 4.79 Å². The number of carbonyl (C=O) groups is 2. The first-order valence-corrected chi connectivity index (χ1v) is 9.00. The summed E-state index contributed by atoms with van der Waals surface area (Å²) in [7, 11) is 1.56. The number of anilines is 1. The second-order valence-electron chi connectivity index (χ2n) is 5.34. The summed E-state index contributed by atoms with van der Waals surface area (Å²) < 4.78 is 5.32. The Hall–Kier alpha value is -2.72. The van der Waals surface area contributed by atoms with E-state index in [0.29, 0.717) is 16.1 Å². The maximum atomic E-state index is 12.3. The third kappa shape index (κ3) is 4.27. The number of halogens is 1. The van der Waals surface area contributed by atoms with Crippen LogP contribution in [0.4, 0.5) is 5.69 Å². The van der Waals surface area contributed by atoms with E-state index in [9.17, 15) is 14.4 Å². The SMILES string of the molecule is CN(CC(=O)Nc1cccc(-c2noc(=O)[nH]2)c1)C(=O)c1ccc(Br)s1. The Kier molecular flexibility index (Phi) is 5.33. The van der Waals surface area contributed by atoms with Crippen LogP contribution in [0.1, 0.15) is 9.67 Å². The van der Waals surface area contributed by atoms with Crippen LogP contribution in [0, 0.1) is 0 Å². The third-order valence-electron chi connectivity index (χ3n) is 3.37. The predicted molar refractivity (Wildman–Crippen MR) is 100 cm³/mol. The van der Waals surface area contributed by atoms with Gasteiger partial charge >= 0.3 is 5.76 Å². The molecule has 0 aliphatic rings. The van der Waals surface area contributed by atoms with E-state index in [1.54, 1.807) is 43.4 Å². The summed E-state index contributed by atoms with van der Waals surface area (Å²) in [6, 6.07) is 10.2. The molecule has 1 aromatic carbocycles. The minimum atomic E-state index is -0.658. The molecule has 134 valence electrons. The maximum absolute atomic E-state index is 12.3. The monoisotopic (exact) mass is 436 g/mol. The van der Waals surface area contributed by atoms with Crippen molar-refractivity contribution in [3.63, 3.8) is 0 Å². The summed E-state index contributed by atoms with van der Waals surface area (Å²) >= 11 is 4.61. The number of carbonyl (C=O) groups excluding carboxylic acids is 2. The van der Waals surface area contributed by atoms with Crippen molar-refractivity contribution < 1.29 is 14.1 Å². The molecule has 0 saturated carbocycles. The molecule has 2 N–H and O–H groups in total. The highest BCUT2D eigenvalue weighted by Gasteiger charge is 2.17. The molecule has 0 saturated heterocycles. The van der Waals surface area contributed by atoms with Crippen LogP contribution in [-0.2, 0) is 4.79 Å². The Labute approximate surface area is 159 Å².